The minimum absolute atomic E-state index is 0.100. The largest absolute Gasteiger partial charge is 0.395 e. The summed E-state index contributed by atoms with van der Waals surface area (Å²) in [6.45, 7) is 1.28. The molecule has 0 bridgehead atoms. The average molecular weight is 292 g/mol. The fraction of sp³-hybridized carbons (Fsp3) is 0.533. The third-order valence-corrected chi connectivity index (χ3v) is 3.83. The van der Waals surface area contributed by atoms with Crippen LogP contribution in [0.2, 0.25) is 0 Å². The molecule has 0 radical (unpaired) electrons. The van der Waals surface area contributed by atoms with E-state index in [1.807, 2.05) is 23.4 Å². The SMILES string of the molecule is CN(CC(=O)NC1CC1)Cc1cc(C#CCCO)cs1. The molecule has 1 aliphatic carbocycles. The van der Waals surface area contributed by atoms with Gasteiger partial charge in [-0.15, -0.1) is 11.3 Å². The predicted molar refractivity (Wildman–Crippen MR) is 80.4 cm³/mol. The van der Waals surface area contributed by atoms with Crippen LogP contribution in [0.4, 0.5) is 0 Å². The quantitative estimate of drug-likeness (QED) is 0.775. The van der Waals surface area contributed by atoms with Crippen LogP contribution in [0.5, 0.6) is 0 Å². The third-order valence-electron chi connectivity index (χ3n) is 2.91. The Kier molecular flexibility index (Phi) is 5.60. The summed E-state index contributed by atoms with van der Waals surface area (Å²) in [7, 11) is 1.95. The summed E-state index contributed by atoms with van der Waals surface area (Å²) in [6, 6.07) is 2.47. The highest BCUT2D eigenvalue weighted by atomic mass is 32.1. The molecule has 1 aromatic rings. The lowest BCUT2D eigenvalue weighted by Gasteiger charge is -2.14. The van der Waals surface area contributed by atoms with Crippen LogP contribution in [0, 0.1) is 11.8 Å². The number of thiophene rings is 1. The molecule has 0 spiro atoms. The molecular weight excluding hydrogens is 272 g/mol. The van der Waals surface area contributed by atoms with Crippen LogP contribution in [-0.4, -0.2) is 42.2 Å². The maximum absolute atomic E-state index is 11.7. The first kappa shape index (κ1) is 15.0. The summed E-state index contributed by atoms with van der Waals surface area (Å²) in [5, 5.41) is 13.7. The van der Waals surface area contributed by atoms with Crippen molar-refractivity contribution in [3.8, 4) is 11.8 Å². The van der Waals surface area contributed by atoms with Crippen molar-refractivity contribution in [3.63, 3.8) is 0 Å². The molecule has 0 aromatic carbocycles. The molecule has 1 heterocycles. The summed E-state index contributed by atoms with van der Waals surface area (Å²) in [4.78, 5) is 14.9. The van der Waals surface area contributed by atoms with E-state index in [-0.39, 0.29) is 12.5 Å². The number of nitrogens with zero attached hydrogens (tertiary/aromatic N) is 1. The first-order valence-corrected chi connectivity index (χ1v) is 7.70. The molecule has 20 heavy (non-hydrogen) atoms. The highest BCUT2D eigenvalue weighted by molar-refractivity contribution is 7.10. The summed E-state index contributed by atoms with van der Waals surface area (Å²) in [5.41, 5.74) is 0.981. The van der Waals surface area contributed by atoms with Crippen molar-refractivity contribution in [2.75, 3.05) is 20.2 Å². The monoisotopic (exact) mass is 292 g/mol. The van der Waals surface area contributed by atoms with Gasteiger partial charge in [-0.1, -0.05) is 11.8 Å². The molecule has 0 atom stereocenters. The van der Waals surface area contributed by atoms with Gasteiger partial charge in [0.05, 0.1) is 13.2 Å². The molecular formula is C15H20N2O2S. The average Bonchev–Trinajstić information content (AvgIpc) is 3.08. The molecule has 5 heteroatoms. The third kappa shape index (κ3) is 5.33. The van der Waals surface area contributed by atoms with Gasteiger partial charge in [0.25, 0.3) is 0 Å². The molecule has 2 N–H and O–H groups in total. The Balaban J connectivity index is 1.77. The zero-order valence-electron chi connectivity index (χ0n) is 11.7. The van der Waals surface area contributed by atoms with E-state index in [9.17, 15) is 4.79 Å². The molecule has 0 aliphatic heterocycles. The lowest BCUT2D eigenvalue weighted by Crippen LogP contribution is -2.35. The minimum atomic E-state index is 0.100. The summed E-state index contributed by atoms with van der Waals surface area (Å²) in [6.07, 6.45) is 2.75. The van der Waals surface area contributed by atoms with E-state index in [4.69, 9.17) is 5.11 Å². The number of hydrogen-bond donors (Lipinski definition) is 2. The maximum atomic E-state index is 11.7. The highest BCUT2D eigenvalue weighted by Gasteiger charge is 2.23. The van der Waals surface area contributed by atoms with Gasteiger partial charge < -0.3 is 10.4 Å². The number of likely N-dealkylation sites (N-methyl/N-ethyl adjacent to an activating group) is 1. The Morgan fingerprint density at radius 3 is 3.10 bits per heavy atom. The Labute approximate surface area is 123 Å². The normalized spacial score (nSPS) is 13.9. The Morgan fingerprint density at radius 2 is 2.40 bits per heavy atom. The summed E-state index contributed by atoms with van der Waals surface area (Å²) < 4.78 is 0. The molecule has 4 nitrogen and oxygen atoms in total. The van der Waals surface area contributed by atoms with Crippen LogP contribution >= 0.6 is 11.3 Å². The molecule has 1 aliphatic rings. The second kappa shape index (κ2) is 7.44. The zero-order valence-corrected chi connectivity index (χ0v) is 12.5. The van der Waals surface area contributed by atoms with E-state index in [2.05, 4.69) is 17.2 Å². The van der Waals surface area contributed by atoms with Crippen molar-refractivity contribution in [3.05, 3.63) is 21.9 Å². The lowest BCUT2D eigenvalue weighted by molar-refractivity contribution is -0.122. The van der Waals surface area contributed by atoms with Crippen LogP contribution in [0.1, 0.15) is 29.7 Å². The smallest absolute Gasteiger partial charge is 0.234 e. The van der Waals surface area contributed by atoms with Gasteiger partial charge in [0.1, 0.15) is 0 Å². The van der Waals surface area contributed by atoms with Crippen LogP contribution in [-0.2, 0) is 11.3 Å². The maximum Gasteiger partial charge on any atom is 0.234 e. The van der Waals surface area contributed by atoms with Crippen LogP contribution in [0.3, 0.4) is 0 Å². The molecule has 1 amide bonds. The van der Waals surface area contributed by atoms with Crippen LogP contribution in [0.25, 0.3) is 0 Å². The molecule has 1 fully saturated rings. The van der Waals surface area contributed by atoms with E-state index >= 15 is 0 Å². The fourth-order valence-electron chi connectivity index (χ4n) is 1.82. The van der Waals surface area contributed by atoms with E-state index < -0.39 is 0 Å². The molecule has 1 aromatic heterocycles. The summed E-state index contributed by atoms with van der Waals surface area (Å²) >= 11 is 1.65. The van der Waals surface area contributed by atoms with Crippen molar-refractivity contribution in [1.82, 2.24) is 10.2 Å². The number of aliphatic hydroxyl groups is 1. The van der Waals surface area contributed by atoms with E-state index in [0.717, 1.165) is 24.9 Å². The zero-order chi connectivity index (χ0) is 14.4. The molecule has 2 rings (SSSR count). The van der Waals surface area contributed by atoms with Crippen LogP contribution < -0.4 is 5.32 Å². The van der Waals surface area contributed by atoms with Gasteiger partial charge in [-0.25, -0.2) is 0 Å². The second-order valence-electron chi connectivity index (χ2n) is 5.09. The number of nitrogens with one attached hydrogen (secondary N) is 1. The number of rotatable bonds is 6. The van der Waals surface area contributed by atoms with Crippen molar-refractivity contribution in [2.45, 2.75) is 31.8 Å². The van der Waals surface area contributed by atoms with Gasteiger partial charge in [0.15, 0.2) is 0 Å². The van der Waals surface area contributed by atoms with E-state index in [1.54, 1.807) is 11.3 Å². The lowest BCUT2D eigenvalue weighted by atomic mass is 10.3. The van der Waals surface area contributed by atoms with Gasteiger partial charge in [0, 0.05) is 34.8 Å². The van der Waals surface area contributed by atoms with Crippen molar-refractivity contribution in [2.24, 2.45) is 0 Å². The van der Waals surface area contributed by atoms with Crippen LogP contribution in [0.15, 0.2) is 11.4 Å². The molecule has 0 unspecified atom stereocenters. The Hall–Kier alpha value is -1.35. The van der Waals surface area contributed by atoms with Crippen molar-refractivity contribution < 1.29 is 9.90 Å². The standard InChI is InChI=1S/C15H20N2O2S/c1-17(10-15(19)16-13-5-6-13)9-14-8-12(11-20-14)4-2-3-7-18/h8,11,13,18H,3,5-7,9-10H2,1H3,(H,16,19). The van der Waals surface area contributed by atoms with E-state index in [1.165, 1.54) is 4.88 Å². The van der Waals surface area contributed by atoms with Gasteiger partial charge in [-0.3, -0.25) is 9.69 Å². The molecule has 108 valence electrons. The fourth-order valence-corrected chi connectivity index (χ4v) is 2.71. The summed E-state index contributed by atoms with van der Waals surface area (Å²) in [5.74, 6) is 6.03. The number of carbonyl (C=O) groups is 1. The minimum Gasteiger partial charge on any atom is -0.395 e. The first-order chi connectivity index (χ1) is 9.67. The molecule has 0 saturated heterocycles. The predicted octanol–water partition coefficient (Wildman–Crippen LogP) is 1.19. The van der Waals surface area contributed by atoms with Crippen molar-refractivity contribution in [1.29, 1.82) is 0 Å². The van der Waals surface area contributed by atoms with Gasteiger partial charge in [-0.2, -0.15) is 0 Å². The number of aliphatic hydroxyl groups excluding tert-OH is 1. The number of hydrogen-bond acceptors (Lipinski definition) is 4. The van der Waals surface area contributed by atoms with Crippen molar-refractivity contribution >= 4 is 17.2 Å². The molecule has 1 saturated carbocycles. The Morgan fingerprint density at radius 1 is 1.60 bits per heavy atom. The number of amides is 1. The second-order valence-corrected chi connectivity index (χ2v) is 6.09. The van der Waals surface area contributed by atoms with Gasteiger partial charge in [-0.05, 0) is 26.0 Å². The topological polar surface area (TPSA) is 52.6 Å². The van der Waals surface area contributed by atoms with Gasteiger partial charge >= 0.3 is 0 Å². The highest BCUT2D eigenvalue weighted by Crippen LogP contribution is 2.18. The number of carbonyl (C=O) groups excluding carboxylic acids is 1. The Bertz CT molecular complexity index is 511. The first-order valence-electron chi connectivity index (χ1n) is 6.82. The van der Waals surface area contributed by atoms with E-state index in [0.29, 0.717) is 19.0 Å². The van der Waals surface area contributed by atoms with Gasteiger partial charge in [0.2, 0.25) is 5.91 Å².